The molecule has 6 aromatic rings. The minimum absolute atomic E-state index is 0.428. The van der Waals surface area contributed by atoms with Crippen LogP contribution in [0.5, 0.6) is 0 Å². The number of nitrogens with one attached hydrogen (secondary N) is 2. The fourth-order valence-electron chi connectivity index (χ4n) is 5.63. The Labute approximate surface area is 197 Å². The summed E-state index contributed by atoms with van der Waals surface area (Å²) in [5.74, 6) is 0.855. The molecule has 10 heteroatoms. The predicted octanol–water partition coefficient (Wildman–Crippen LogP) is 3.18. The zero-order valence-corrected chi connectivity index (χ0v) is 18.0. The fourth-order valence-corrected chi connectivity index (χ4v) is 5.63. The van der Waals surface area contributed by atoms with E-state index in [-0.39, 0.29) is 0 Å². The third kappa shape index (κ3) is 2.22. The summed E-state index contributed by atoms with van der Waals surface area (Å²) in [4.78, 5) is 10.0. The van der Waals surface area contributed by atoms with E-state index in [9.17, 15) is 0 Å². The van der Waals surface area contributed by atoms with Crippen molar-refractivity contribution in [2.45, 2.75) is 5.41 Å². The molecular formula is C25H14N10. The summed E-state index contributed by atoms with van der Waals surface area (Å²) in [5.41, 5.74) is 9.23. The second-order valence-corrected chi connectivity index (χ2v) is 8.50. The highest BCUT2D eigenvalue weighted by atomic mass is 15.5. The SMILES string of the molecule is c1ccc2c(c1)-c1ccccc1C21c2ccc(-c3nn[nH]n3)nc2-c2nc(-c3nn[nH]n3)ccc21. The molecule has 2 aliphatic rings. The van der Waals surface area contributed by atoms with Gasteiger partial charge in [-0.15, -0.1) is 20.4 Å². The monoisotopic (exact) mass is 454 g/mol. The Balaban J connectivity index is 1.50. The number of aromatic nitrogens is 10. The van der Waals surface area contributed by atoms with Crippen LogP contribution in [0.3, 0.4) is 0 Å². The average Bonchev–Trinajstić information content (AvgIpc) is 3.72. The molecule has 0 unspecified atom stereocenters. The maximum Gasteiger partial charge on any atom is 0.222 e. The summed E-state index contributed by atoms with van der Waals surface area (Å²) in [6, 6.07) is 25.2. The fraction of sp³-hybridized carbons (Fsp3) is 0.0400. The molecule has 10 nitrogen and oxygen atoms in total. The second kappa shape index (κ2) is 6.48. The van der Waals surface area contributed by atoms with Crippen LogP contribution >= 0.6 is 0 Å². The zero-order valence-electron chi connectivity index (χ0n) is 18.0. The summed E-state index contributed by atoms with van der Waals surface area (Å²) in [6.45, 7) is 0. The summed E-state index contributed by atoms with van der Waals surface area (Å²) in [6.07, 6.45) is 0. The molecule has 0 saturated carbocycles. The van der Waals surface area contributed by atoms with Crippen LogP contribution < -0.4 is 0 Å². The smallest absolute Gasteiger partial charge is 0.222 e. The van der Waals surface area contributed by atoms with E-state index >= 15 is 0 Å². The van der Waals surface area contributed by atoms with Crippen molar-refractivity contribution < 1.29 is 0 Å². The number of pyridine rings is 2. The minimum atomic E-state index is -0.538. The van der Waals surface area contributed by atoms with Crippen LogP contribution in [-0.4, -0.2) is 51.2 Å². The molecule has 0 aliphatic heterocycles. The average molecular weight is 454 g/mol. The van der Waals surface area contributed by atoms with Crippen LogP contribution in [0.1, 0.15) is 22.3 Å². The minimum Gasteiger partial charge on any atom is -0.242 e. The van der Waals surface area contributed by atoms with E-state index < -0.39 is 5.41 Å². The molecule has 0 radical (unpaired) electrons. The number of benzene rings is 2. The van der Waals surface area contributed by atoms with Gasteiger partial charge in [0.1, 0.15) is 11.4 Å². The van der Waals surface area contributed by atoms with Crippen molar-refractivity contribution >= 4 is 0 Å². The first kappa shape index (κ1) is 18.3. The first-order chi connectivity index (χ1) is 17.4. The molecule has 0 saturated heterocycles. The van der Waals surface area contributed by atoms with Crippen molar-refractivity contribution in [3.8, 4) is 45.6 Å². The molecule has 0 amide bonds. The lowest BCUT2D eigenvalue weighted by atomic mass is 9.71. The van der Waals surface area contributed by atoms with Gasteiger partial charge in [0.05, 0.1) is 16.8 Å². The van der Waals surface area contributed by atoms with Crippen LogP contribution in [0.2, 0.25) is 0 Å². The van der Waals surface area contributed by atoms with Gasteiger partial charge in [-0.25, -0.2) is 9.97 Å². The van der Waals surface area contributed by atoms with E-state index in [1.807, 2.05) is 12.1 Å². The highest BCUT2D eigenvalue weighted by molar-refractivity contribution is 5.93. The lowest BCUT2D eigenvalue weighted by Crippen LogP contribution is -2.26. The van der Waals surface area contributed by atoms with Crippen LogP contribution in [0.4, 0.5) is 0 Å². The molecule has 4 heterocycles. The van der Waals surface area contributed by atoms with Gasteiger partial charge < -0.3 is 0 Å². The van der Waals surface area contributed by atoms with E-state index in [0.29, 0.717) is 23.0 Å². The van der Waals surface area contributed by atoms with Crippen LogP contribution in [0.15, 0.2) is 72.8 Å². The van der Waals surface area contributed by atoms with Crippen LogP contribution in [-0.2, 0) is 5.41 Å². The summed E-state index contributed by atoms with van der Waals surface area (Å²) in [5, 5.41) is 28.9. The number of rotatable bonds is 2. The van der Waals surface area contributed by atoms with Crippen molar-refractivity contribution in [2.24, 2.45) is 0 Å². The standard InChI is InChI=1S/C25H14N10/c1-3-7-15-13(5-1)14-6-2-4-8-16(14)25(15)17-9-11-19(23-28-32-33-29-23)26-21(17)22-18(25)10-12-20(27-22)24-30-34-35-31-24/h1-12H,(H,28,29,32,33)(H,30,31,34,35). The molecule has 2 aliphatic carbocycles. The quantitative estimate of drug-likeness (QED) is 0.407. The number of nitrogens with zero attached hydrogens (tertiary/aromatic N) is 8. The number of H-pyrrole nitrogens is 2. The number of hydrogen-bond acceptors (Lipinski definition) is 8. The summed E-state index contributed by atoms with van der Waals surface area (Å²) < 4.78 is 0. The van der Waals surface area contributed by atoms with Crippen molar-refractivity contribution in [2.75, 3.05) is 0 Å². The number of hydrogen-bond donors (Lipinski definition) is 2. The maximum atomic E-state index is 5.01. The van der Waals surface area contributed by atoms with Gasteiger partial charge in [0.25, 0.3) is 0 Å². The van der Waals surface area contributed by atoms with Crippen molar-refractivity contribution in [3.05, 3.63) is 95.1 Å². The predicted molar refractivity (Wildman–Crippen MR) is 125 cm³/mol. The van der Waals surface area contributed by atoms with Gasteiger partial charge in [-0.1, -0.05) is 60.7 Å². The third-order valence-corrected chi connectivity index (χ3v) is 6.92. The van der Waals surface area contributed by atoms with Crippen molar-refractivity contribution in [3.63, 3.8) is 0 Å². The molecule has 2 N–H and O–H groups in total. The Bertz CT molecular complexity index is 1620. The zero-order chi connectivity index (χ0) is 23.0. The topological polar surface area (TPSA) is 135 Å². The van der Waals surface area contributed by atoms with Gasteiger partial charge in [0, 0.05) is 0 Å². The molecule has 1 spiro atoms. The van der Waals surface area contributed by atoms with Crippen LogP contribution in [0.25, 0.3) is 45.6 Å². The molecule has 0 atom stereocenters. The first-order valence-corrected chi connectivity index (χ1v) is 11.1. The first-order valence-electron chi connectivity index (χ1n) is 11.1. The Morgan fingerprint density at radius 2 is 1.00 bits per heavy atom. The molecule has 4 aromatic heterocycles. The largest absolute Gasteiger partial charge is 0.242 e. The van der Waals surface area contributed by atoms with Gasteiger partial charge in [0.15, 0.2) is 0 Å². The molecule has 0 bridgehead atoms. The van der Waals surface area contributed by atoms with Crippen molar-refractivity contribution in [1.82, 2.24) is 51.2 Å². The van der Waals surface area contributed by atoms with E-state index in [1.54, 1.807) is 0 Å². The van der Waals surface area contributed by atoms with Crippen LogP contribution in [0, 0.1) is 0 Å². The Morgan fingerprint density at radius 3 is 1.46 bits per heavy atom. The number of aromatic amines is 2. The van der Waals surface area contributed by atoms with E-state index in [0.717, 1.165) is 22.5 Å². The van der Waals surface area contributed by atoms with Gasteiger partial charge in [0.2, 0.25) is 11.6 Å². The summed E-state index contributed by atoms with van der Waals surface area (Å²) >= 11 is 0. The van der Waals surface area contributed by atoms with Gasteiger partial charge >= 0.3 is 0 Å². The number of fused-ring (bicyclic) bond motifs is 10. The lowest BCUT2D eigenvalue weighted by Gasteiger charge is -2.29. The van der Waals surface area contributed by atoms with E-state index in [1.165, 1.54) is 22.3 Å². The normalized spacial score (nSPS) is 13.9. The van der Waals surface area contributed by atoms with E-state index in [4.69, 9.17) is 9.97 Å². The molecule has 164 valence electrons. The van der Waals surface area contributed by atoms with Gasteiger partial charge in [-0.3, -0.25) is 0 Å². The molecule has 0 fully saturated rings. The second-order valence-electron chi connectivity index (χ2n) is 8.50. The molecule has 8 rings (SSSR count). The third-order valence-electron chi connectivity index (χ3n) is 6.92. The van der Waals surface area contributed by atoms with Crippen molar-refractivity contribution in [1.29, 1.82) is 0 Å². The highest BCUT2D eigenvalue weighted by Crippen LogP contribution is 2.62. The maximum absolute atomic E-state index is 5.01. The van der Waals surface area contributed by atoms with Gasteiger partial charge in [-0.2, -0.15) is 10.4 Å². The molecule has 2 aromatic carbocycles. The molecule has 35 heavy (non-hydrogen) atoms. The Hall–Kier alpha value is -5.12. The Morgan fingerprint density at radius 1 is 0.514 bits per heavy atom. The molecular weight excluding hydrogens is 440 g/mol. The van der Waals surface area contributed by atoms with E-state index in [2.05, 4.69) is 102 Å². The lowest BCUT2D eigenvalue weighted by molar-refractivity contribution is 0.789. The number of tetrazole rings is 2. The highest BCUT2D eigenvalue weighted by Gasteiger charge is 2.53. The summed E-state index contributed by atoms with van der Waals surface area (Å²) in [7, 11) is 0. The Kier molecular flexibility index (Phi) is 3.39. The van der Waals surface area contributed by atoms with Gasteiger partial charge in [-0.05, 0) is 55.9 Å².